The van der Waals surface area contributed by atoms with Gasteiger partial charge in [0.2, 0.25) is 15.9 Å². The molecule has 10 heteroatoms. The number of urea groups is 1. The fraction of sp³-hybridized carbons (Fsp3) is 0.526. The maximum Gasteiger partial charge on any atom is 0.325 e. The highest BCUT2D eigenvalue weighted by molar-refractivity contribution is 7.89. The van der Waals surface area contributed by atoms with Gasteiger partial charge in [-0.1, -0.05) is 19.9 Å². The van der Waals surface area contributed by atoms with Crippen LogP contribution < -0.4 is 10.6 Å². The van der Waals surface area contributed by atoms with Crippen LogP contribution in [0.1, 0.15) is 33.6 Å². The van der Waals surface area contributed by atoms with E-state index in [1.54, 1.807) is 26.8 Å². The summed E-state index contributed by atoms with van der Waals surface area (Å²) in [6.07, 6.45) is 1.74. The van der Waals surface area contributed by atoms with Gasteiger partial charge in [0.25, 0.3) is 5.91 Å². The van der Waals surface area contributed by atoms with Gasteiger partial charge < -0.3 is 10.6 Å². The molecule has 2 N–H and O–H groups in total. The van der Waals surface area contributed by atoms with Crippen molar-refractivity contribution in [2.24, 2.45) is 5.92 Å². The summed E-state index contributed by atoms with van der Waals surface area (Å²) in [5.74, 6) is -0.877. The second-order valence-electron chi connectivity index (χ2n) is 7.46. The van der Waals surface area contributed by atoms with Crippen molar-refractivity contribution in [3.8, 4) is 0 Å². The van der Waals surface area contributed by atoms with Gasteiger partial charge in [-0.15, -0.1) is 0 Å². The molecule has 0 spiro atoms. The smallest absolute Gasteiger partial charge is 0.324 e. The Kier molecular flexibility index (Phi) is 5.68. The summed E-state index contributed by atoms with van der Waals surface area (Å²) in [5.41, 5.74) is -0.671. The number of imide groups is 1. The Morgan fingerprint density at radius 2 is 1.93 bits per heavy atom. The number of rotatable bonds is 8. The largest absolute Gasteiger partial charge is 0.325 e. The van der Waals surface area contributed by atoms with E-state index in [9.17, 15) is 22.8 Å². The molecule has 1 aromatic carbocycles. The number of hydrogen-bond donors (Lipinski definition) is 2. The topological polar surface area (TPSA) is 116 Å². The molecule has 0 bridgehead atoms. The molecule has 0 radical (unpaired) electrons. The first-order valence-corrected chi connectivity index (χ1v) is 11.1. The van der Waals surface area contributed by atoms with Gasteiger partial charge in [0.15, 0.2) is 0 Å². The first kappa shape index (κ1) is 21.3. The fourth-order valence-electron chi connectivity index (χ4n) is 3.59. The standard InChI is InChI=1S/C19H26N4O5S/c1-4-22(5-2)29(27,28)15-8-6-7-14(11-15)20-16(24)12-23-17(25)19(3,13-9-10-13)21-18(23)26/h6-8,11,13H,4-5,9-10,12H2,1-3H3,(H,20,24)(H,21,26). The van der Waals surface area contributed by atoms with Crippen molar-refractivity contribution in [1.29, 1.82) is 0 Å². The monoisotopic (exact) mass is 422 g/mol. The number of nitrogens with one attached hydrogen (secondary N) is 2. The molecule has 1 unspecified atom stereocenters. The Labute approximate surface area is 170 Å². The first-order chi connectivity index (χ1) is 13.6. The maximum absolute atomic E-state index is 12.6. The third-order valence-electron chi connectivity index (χ3n) is 5.46. The number of benzene rings is 1. The van der Waals surface area contributed by atoms with Crippen LogP contribution in [0.2, 0.25) is 0 Å². The number of carbonyl (C=O) groups excluding carboxylic acids is 3. The maximum atomic E-state index is 12.6. The van der Waals surface area contributed by atoms with Crippen LogP contribution in [0.15, 0.2) is 29.2 Å². The number of hydrogen-bond acceptors (Lipinski definition) is 5. The zero-order chi connectivity index (χ0) is 21.4. The molecular weight excluding hydrogens is 396 g/mol. The van der Waals surface area contributed by atoms with E-state index < -0.39 is 40.0 Å². The lowest BCUT2D eigenvalue weighted by atomic mass is 9.96. The average Bonchev–Trinajstić information content (AvgIpc) is 3.49. The van der Waals surface area contributed by atoms with E-state index in [2.05, 4.69) is 10.6 Å². The summed E-state index contributed by atoms with van der Waals surface area (Å²) in [6, 6.07) is 5.33. The second kappa shape index (κ2) is 7.75. The predicted molar refractivity (Wildman–Crippen MR) is 107 cm³/mol. The number of amides is 4. The lowest BCUT2D eigenvalue weighted by Gasteiger charge is -2.21. The molecule has 2 fully saturated rings. The molecule has 4 amide bonds. The normalized spacial score (nSPS) is 22.1. The molecule has 1 atom stereocenters. The second-order valence-corrected chi connectivity index (χ2v) is 9.40. The minimum absolute atomic E-state index is 0.0651. The van der Waals surface area contributed by atoms with Gasteiger partial charge in [0, 0.05) is 18.8 Å². The van der Waals surface area contributed by atoms with Crippen molar-refractivity contribution in [1.82, 2.24) is 14.5 Å². The highest BCUT2D eigenvalue weighted by Gasteiger charge is 2.56. The summed E-state index contributed by atoms with van der Waals surface area (Å²) in [6.45, 7) is 5.42. The van der Waals surface area contributed by atoms with Gasteiger partial charge in [-0.05, 0) is 43.9 Å². The zero-order valence-electron chi connectivity index (χ0n) is 16.8. The van der Waals surface area contributed by atoms with Gasteiger partial charge in [-0.25, -0.2) is 13.2 Å². The number of sulfonamides is 1. The SMILES string of the molecule is CCN(CC)S(=O)(=O)c1cccc(NC(=O)CN2C(=O)NC(C)(C3CC3)C2=O)c1. The molecule has 9 nitrogen and oxygen atoms in total. The third-order valence-corrected chi connectivity index (χ3v) is 7.50. The molecule has 2 aliphatic rings. The van der Waals surface area contributed by atoms with Crippen molar-refractivity contribution in [2.75, 3.05) is 25.0 Å². The van der Waals surface area contributed by atoms with Crippen molar-refractivity contribution in [3.05, 3.63) is 24.3 Å². The Hall–Kier alpha value is -2.46. The highest BCUT2D eigenvalue weighted by Crippen LogP contribution is 2.42. The van der Waals surface area contributed by atoms with Crippen LogP contribution in [-0.4, -0.2) is 60.6 Å². The van der Waals surface area contributed by atoms with E-state index in [-0.39, 0.29) is 16.5 Å². The van der Waals surface area contributed by atoms with Crippen LogP contribution in [0.4, 0.5) is 10.5 Å². The molecule has 1 heterocycles. The van der Waals surface area contributed by atoms with Crippen LogP contribution in [0, 0.1) is 5.92 Å². The van der Waals surface area contributed by atoms with Crippen LogP contribution in [0.5, 0.6) is 0 Å². The van der Waals surface area contributed by atoms with Crippen molar-refractivity contribution in [3.63, 3.8) is 0 Å². The summed E-state index contributed by atoms with van der Waals surface area (Å²) in [5, 5.41) is 5.26. The summed E-state index contributed by atoms with van der Waals surface area (Å²) in [7, 11) is -3.66. The van der Waals surface area contributed by atoms with Gasteiger partial charge in [0.05, 0.1) is 4.90 Å². The molecule has 3 rings (SSSR count). The highest BCUT2D eigenvalue weighted by atomic mass is 32.2. The lowest BCUT2D eigenvalue weighted by molar-refractivity contribution is -0.134. The molecule has 1 saturated carbocycles. The van der Waals surface area contributed by atoms with E-state index in [0.717, 1.165) is 17.7 Å². The van der Waals surface area contributed by atoms with E-state index >= 15 is 0 Å². The minimum atomic E-state index is -3.66. The molecule has 1 saturated heterocycles. The molecular formula is C19H26N4O5S. The Bertz CT molecular complexity index is 940. The van der Waals surface area contributed by atoms with E-state index in [0.29, 0.717) is 13.1 Å². The summed E-state index contributed by atoms with van der Waals surface area (Å²) in [4.78, 5) is 38.2. The first-order valence-electron chi connectivity index (χ1n) is 9.67. The Morgan fingerprint density at radius 3 is 2.52 bits per heavy atom. The van der Waals surface area contributed by atoms with E-state index in [4.69, 9.17) is 0 Å². The quantitative estimate of drug-likeness (QED) is 0.614. The minimum Gasteiger partial charge on any atom is -0.324 e. The lowest BCUT2D eigenvalue weighted by Crippen LogP contribution is -2.46. The van der Waals surface area contributed by atoms with Crippen molar-refractivity contribution >= 4 is 33.6 Å². The number of anilines is 1. The molecule has 1 aromatic rings. The predicted octanol–water partition coefficient (Wildman–Crippen LogP) is 1.38. The van der Waals surface area contributed by atoms with Gasteiger partial charge >= 0.3 is 6.03 Å². The molecule has 1 aliphatic heterocycles. The zero-order valence-corrected chi connectivity index (χ0v) is 17.6. The van der Waals surface area contributed by atoms with Crippen LogP contribution in [0.3, 0.4) is 0 Å². The average molecular weight is 423 g/mol. The number of nitrogens with zero attached hydrogens (tertiary/aromatic N) is 2. The summed E-state index contributed by atoms with van der Waals surface area (Å²) < 4.78 is 26.6. The molecule has 1 aliphatic carbocycles. The molecule has 29 heavy (non-hydrogen) atoms. The fourth-order valence-corrected chi connectivity index (χ4v) is 5.09. The van der Waals surface area contributed by atoms with Gasteiger partial charge in [-0.3, -0.25) is 14.5 Å². The Balaban J connectivity index is 1.70. The molecule has 158 valence electrons. The van der Waals surface area contributed by atoms with E-state index in [1.807, 2.05) is 0 Å². The van der Waals surface area contributed by atoms with Crippen molar-refractivity contribution < 1.29 is 22.8 Å². The van der Waals surface area contributed by atoms with Gasteiger partial charge in [0.1, 0.15) is 12.1 Å². The summed E-state index contributed by atoms with van der Waals surface area (Å²) >= 11 is 0. The van der Waals surface area contributed by atoms with Crippen LogP contribution in [-0.2, 0) is 19.6 Å². The van der Waals surface area contributed by atoms with Crippen LogP contribution in [0.25, 0.3) is 0 Å². The van der Waals surface area contributed by atoms with E-state index in [1.165, 1.54) is 22.5 Å². The molecule has 0 aromatic heterocycles. The van der Waals surface area contributed by atoms with Gasteiger partial charge in [-0.2, -0.15) is 4.31 Å². The van der Waals surface area contributed by atoms with Crippen molar-refractivity contribution in [2.45, 2.75) is 44.0 Å². The van der Waals surface area contributed by atoms with Crippen LogP contribution >= 0.6 is 0 Å². The third kappa shape index (κ3) is 3.99. The Morgan fingerprint density at radius 1 is 1.28 bits per heavy atom. The number of carbonyl (C=O) groups is 3.